The van der Waals surface area contributed by atoms with Crippen LogP contribution in [0.25, 0.3) is 0 Å². The van der Waals surface area contributed by atoms with Crippen LogP contribution in [0.3, 0.4) is 0 Å². The largest absolute Gasteiger partial charge is 0.393 e. The molecule has 0 aromatic carbocycles. The van der Waals surface area contributed by atoms with Gasteiger partial charge in [0.2, 0.25) is 5.91 Å². The number of imide groups is 1. The lowest BCUT2D eigenvalue weighted by atomic mass is 9.99. The Bertz CT molecular complexity index is 359. The second-order valence-corrected chi connectivity index (χ2v) is 4.67. The minimum atomic E-state index is -1.01. The van der Waals surface area contributed by atoms with E-state index in [-0.39, 0.29) is 12.0 Å². The number of rotatable bonds is 2. The number of hydrogen-bond acceptors (Lipinski definition) is 5. The van der Waals surface area contributed by atoms with Crippen LogP contribution in [0.1, 0.15) is 0 Å². The highest BCUT2D eigenvalue weighted by atomic mass is 32.2. The molecule has 2 aliphatic heterocycles. The standard InChI is InChI=1S/C9H10FNO4S/c10-5-1-4(8(13)11-9(5)14)6-3-16-7(2-12)15-6/h1,4,6-7,12H,2-3H2,(H,11,13,14)/t4?,6-,7+/m0/s1. The van der Waals surface area contributed by atoms with E-state index < -0.39 is 29.7 Å². The van der Waals surface area contributed by atoms with Gasteiger partial charge in [-0.3, -0.25) is 14.9 Å². The van der Waals surface area contributed by atoms with Crippen LogP contribution in [0, 0.1) is 5.92 Å². The number of thioether (sulfide) groups is 1. The quantitative estimate of drug-likeness (QED) is 0.647. The normalized spacial score (nSPS) is 34.9. The van der Waals surface area contributed by atoms with E-state index in [1.54, 1.807) is 0 Å². The van der Waals surface area contributed by atoms with E-state index in [0.29, 0.717) is 5.75 Å². The summed E-state index contributed by atoms with van der Waals surface area (Å²) >= 11 is 1.36. The Balaban J connectivity index is 2.10. The van der Waals surface area contributed by atoms with Gasteiger partial charge in [-0.05, 0) is 6.08 Å². The summed E-state index contributed by atoms with van der Waals surface area (Å²) in [6.07, 6.45) is 0.479. The van der Waals surface area contributed by atoms with Gasteiger partial charge in [-0.25, -0.2) is 4.39 Å². The van der Waals surface area contributed by atoms with Crippen LogP contribution >= 0.6 is 11.8 Å². The molecule has 1 fully saturated rings. The number of aliphatic hydroxyl groups excluding tert-OH is 1. The zero-order valence-electron chi connectivity index (χ0n) is 8.18. The predicted molar refractivity (Wildman–Crippen MR) is 54.0 cm³/mol. The summed E-state index contributed by atoms with van der Waals surface area (Å²) in [7, 11) is 0. The van der Waals surface area contributed by atoms with Crippen molar-refractivity contribution >= 4 is 23.6 Å². The van der Waals surface area contributed by atoms with Gasteiger partial charge in [0.15, 0.2) is 5.83 Å². The summed E-state index contributed by atoms with van der Waals surface area (Å²) in [4.78, 5) is 22.3. The van der Waals surface area contributed by atoms with Crippen molar-refractivity contribution in [2.45, 2.75) is 11.5 Å². The van der Waals surface area contributed by atoms with E-state index >= 15 is 0 Å². The molecule has 2 aliphatic rings. The molecule has 2 amide bonds. The maximum atomic E-state index is 13.0. The van der Waals surface area contributed by atoms with Crippen molar-refractivity contribution in [3.05, 3.63) is 11.9 Å². The third kappa shape index (κ3) is 2.11. The third-order valence-corrected chi connectivity index (χ3v) is 3.56. The molecule has 1 saturated heterocycles. The Hall–Kier alpha value is -0.920. The highest BCUT2D eigenvalue weighted by Crippen LogP contribution is 2.31. The van der Waals surface area contributed by atoms with Gasteiger partial charge in [-0.2, -0.15) is 0 Å². The number of amides is 2. The van der Waals surface area contributed by atoms with Gasteiger partial charge >= 0.3 is 0 Å². The first-order chi connectivity index (χ1) is 7.61. The maximum Gasteiger partial charge on any atom is 0.286 e. The van der Waals surface area contributed by atoms with Crippen molar-refractivity contribution < 1.29 is 23.8 Å². The minimum Gasteiger partial charge on any atom is -0.393 e. The smallest absolute Gasteiger partial charge is 0.286 e. The van der Waals surface area contributed by atoms with Crippen LogP contribution in [0.15, 0.2) is 11.9 Å². The van der Waals surface area contributed by atoms with Crippen LogP contribution in [-0.4, -0.2) is 40.8 Å². The number of halogens is 1. The maximum absolute atomic E-state index is 13.0. The number of hydrogen-bond donors (Lipinski definition) is 2. The van der Waals surface area contributed by atoms with Crippen LogP contribution in [0.5, 0.6) is 0 Å². The monoisotopic (exact) mass is 247 g/mol. The van der Waals surface area contributed by atoms with Crippen LogP contribution in [0.2, 0.25) is 0 Å². The van der Waals surface area contributed by atoms with Gasteiger partial charge in [0.25, 0.3) is 5.91 Å². The molecule has 0 spiro atoms. The molecule has 1 unspecified atom stereocenters. The van der Waals surface area contributed by atoms with Crippen molar-refractivity contribution in [3.8, 4) is 0 Å². The van der Waals surface area contributed by atoms with Gasteiger partial charge in [-0.15, -0.1) is 11.8 Å². The fourth-order valence-corrected chi connectivity index (χ4v) is 2.62. The molecule has 5 nitrogen and oxygen atoms in total. The Morgan fingerprint density at radius 2 is 2.38 bits per heavy atom. The predicted octanol–water partition coefficient (Wildman–Crippen LogP) is -0.437. The number of nitrogens with one attached hydrogen (secondary N) is 1. The molecule has 3 atom stereocenters. The summed E-state index contributed by atoms with van der Waals surface area (Å²) in [5, 5.41) is 10.8. The van der Waals surface area contributed by atoms with Crippen LogP contribution in [-0.2, 0) is 14.3 Å². The van der Waals surface area contributed by atoms with E-state index in [4.69, 9.17) is 9.84 Å². The van der Waals surface area contributed by atoms with Gasteiger partial charge in [0.1, 0.15) is 5.44 Å². The van der Waals surface area contributed by atoms with Crippen LogP contribution < -0.4 is 5.32 Å². The highest BCUT2D eigenvalue weighted by molar-refractivity contribution is 8.00. The molecule has 7 heteroatoms. The first kappa shape index (κ1) is 11.6. The molecule has 0 bridgehead atoms. The first-order valence-electron chi connectivity index (χ1n) is 4.72. The molecule has 2 heterocycles. The van der Waals surface area contributed by atoms with Crippen molar-refractivity contribution in [2.24, 2.45) is 5.92 Å². The number of carbonyl (C=O) groups excluding carboxylic acids is 2. The number of aliphatic hydroxyl groups is 1. The lowest BCUT2D eigenvalue weighted by molar-refractivity contribution is -0.135. The molecule has 0 aromatic rings. The lowest BCUT2D eigenvalue weighted by Gasteiger charge is -2.22. The Morgan fingerprint density at radius 3 is 3.00 bits per heavy atom. The summed E-state index contributed by atoms with van der Waals surface area (Å²) in [5.41, 5.74) is -0.383. The van der Waals surface area contributed by atoms with E-state index in [1.807, 2.05) is 5.32 Å². The zero-order valence-corrected chi connectivity index (χ0v) is 9.00. The molecule has 2 rings (SSSR count). The summed E-state index contributed by atoms with van der Waals surface area (Å²) in [6, 6.07) is 0. The minimum absolute atomic E-state index is 0.152. The number of carbonyl (C=O) groups is 2. The SMILES string of the molecule is O=C1NC(=O)C([C@@H]2CS[C@H](CO)O2)C=C1F. The summed E-state index contributed by atoms with van der Waals surface area (Å²) < 4.78 is 18.4. The number of ether oxygens (including phenoxy) is 1. The fraction of sp³-hybridized carbons (Fsp3) is 0.556. The third-order valence-electron chi connectivity index (χ3n) is 2.40. The Kier molecular flexibility index (Phi) is 3.27. The van der Waals surface area contributed by atoms with E-state index in [1.165, 1.54) is 11.8 Å². The fourth-order valence-electron chi connectivity index (χ4n) is 1.60. The molecule has 16 heavy (non-hydrogen) atoms. The zero-order chi connectivity index (χ0) is 11.7. The Morgan fingerprint density at radius 1 is 1.62 bits per heavy atom. The molecule has 88 valence electrons. The molecule has 0 aliphatic carbocycles. The van der Waals surface area contributed by atoms with Gasteiger partial charge in [-0.1, -0.05) is 0 Å². The van der Waals surface area contributed by atoms with Crippen molar-refractivity contribution in [2.75, 3.05) is 12.4 Å². The van der Waals surface area contributed by atoms with E-state index in [9.17, 15) is 14.0 Å². The van der Waals surface area contributed by atoms with Crippen molar-refractivity contribution in [3.63, 3.8) is 0 Å². The second kappa shape index (κ2) is 4.52. The Labute approximate surface area is 95.0 Å². The molecule has 0 saturated carbocycles. The van der Waals surface area contributed by atoms with E-state index in [2.05, 4.69) is 0 Å². The molecular formula is C9H10FNO4S. The van der Waals surface area contributed by atoms with Crippen molar-refractivity contribution in [1.82, 2.24) is 5.32 Å². The average molecular weight is 247 g/mol. The second-order valence-electron chi connectivity index (χ2n) is 3.48. The van der Waals surface area contributed by atoms with Gasteiger partial charge in [0, 0.05) is 5.75 Å². The first-order valence-corrected chi connectivity index (χ1v) is 5.77. The van der Waals surface area contributed by atoms with Crippen LogP contribution in [0.4, 0.5) is 4.39 Å². The van der Waals surface area contributed by atoms with Crippen molar-refractivity contribution in [1.29, 1.82) is 0 Å². The average Bonchev–Trinajstić information content (AvgIpc) is 2.71. The molecular weight excluding hydrogens is 237 g/mol. The topological polar surface area (TPSA) is 75.6 Å². The highest BCUT2D eigenvalue weighted by Gasteiger charge is 2.38. The lowest BCUT2D eigenvalue weighted by Crippen LogP contribution is -2.44. The van der Waals surface area contributed by atoms with Gasteiger partial charge < -0.3 is 9.84 Å². The van der Waals surface area contributed by atoms with Gasteiger partial charge in [0.05, 0.1) is 18.6 Å². The van der Waals surface area contributed by atoms with E-state index in [0.717, 1.165) is 6.08 Å². The molecule has 2 N–H and O–H groups in total. The summed E-state index contributed by atoms with van der Waals surface area (Å²) in [5.74, 6) is -2.85. The molecule has 0 radical (unpaired) electrons. The molecule has 0 aromatic heterocycles. The summed E-state index contributed by atoms with van der Waals surface area (Å²) in [6.45, 7) is -0.152.